The number of hydrogen-bond acceptors (Lipinski definition) is 3. The Bertz CT molecular complexity index is 780. The Morgan fingerprint density at radius 3 is 2.50 bits per heavy atom. The predicted octanol–water partition coefficient (Wildman–Crippen LogP) is 2.80. The number of carbonyl (C=O) groups is 1. The molecule has 0 saturated heterocycles. The lowest BCUT2D eigenvalue weighted by Crippen LogP contribution is -2.15. The molecule has 0 aliphatic carbocycles. The Labute approximate surface area is 126 Å². The van der Waals surface area contributed by atoms with Gasteiger partial charge in [0.1, 0.15) is 0 Å². The van der Waals surface area contributed by atoms with E-state index in [4.69, 9.17) is 5.11 Å². The third-order valence-electron chi connectivity index (χ3n) is 2.80. The fourth-order valence-corrected chi connectivity index (χ4v) is 2.27. The maximum Gasteiger partial charge on any atom is 0.258 e. The van der Waals surface area contributed by atoms with Gasteiger partial charge in [-0.15, -0.1) is 0 Å². The fraction of sp³-hybridized carbons (Fsp3) is 0.0714. The Morgan fingerprint density at radius 1 is 1.18 bits per heavy atom. The molecule has 4 nitrogen and oxygen atoms in total. The van der Waals surface area contributed by atoms with Crippen LogP contribution < -0.4 is 5.32 Å². The van der Waals surface area contributed by atoms with E-state index in [1.54, 1.807) is 6.07 Å². The molecule has 2 aromatic rings. The first-order chi connectivity index (χ1) is 10.3. The molecule has 0 bridgehead atoms. The molecule has 0 saturated carbocycles. The zero-order valence-electron chi connectivity index (χ0n) is 11.2. The molecular weight excluding hydrogens is 319 g/mol. The van der Waals surface area contributed by atoms with Crippen LogP contribution in [0.5, 0.6) is 5.75 Å². The van der Waals surface area contributed by atoms with Crippen molar-refractivity contribution in [1.29, 1.82) is 0 Å². The van der Waals surface area contributed by atoms with Gasteiger partial charge in [0.2, 0.25) is 5.82 Å². The summed E-state index contributed by atoms with van der Waals surface area (Å²) in [6.45, 7) is 0. The summed E-state index contributed by atoms with van der Waals surface area (Å²) in [5.74, 6) is -7.52. The van der Waals surface area contributed by atoms with Crippen LogP contribution in [0.15, 0.2) is 35.2 Å². The highest BCUT2D eigenvalue weighted by Gasteiger charge is 2.22. The summed E-state index contributed by atoms with van der Waals surface area (Å²) in [4.78, 5) is 12.3. The van der Waals surface area contributed by atoms with Crippen LogP contribution in [0.3, 0.4) is 0 Å². The zero-order chi connectivity index (χ0) is 16.4. The molecular formula is C14H10F3NO3S. The largest absolute Gasteiger partial charge is 0.503 e. The Hall–Kier alpha value is -2.35. The van der Waals surface area contributed by atoms with E-state index in [0.29, 0.717) is 11.0 Å². The molecule has 1 unspecified atom stereocenters. The van der Waals surface area contributed by atoms with Gasteiger partial charge < -0.3 is 10.4 Å². The Balaban J connectivity index is 2.34. The van der Waals surface area contributed by atoms with E-state index in [9.17, 15) is 22.2 Å². The Morgan fingerprint density at radius 2 is 1.86 bits per heavy atom. The quantitative estimate of drug-likeness (QED) is 0.851. The third-order valence-corrected chi connectivity index (χ3v) is 3.72. The normalized spacial score (nSPS) is 12.0. The number of benzene rings is 2. The molecule has 2 rings (SSSR count). The minimum atomic E-state index is -1.77. The standard InChI is InChI=1S/C14H10F3NO3S/c1-22(21)8-4-2-3-7(5-8)18-14(20)9-6-10(15)12(17)13(19)11(9)16/h2-6,19H,1H3,(H,18,20). The van der Waals surface area contributed by atoms with Gasteiger partial charge in [-0.3, -0.25) is 9.00 Å². The molecule has 2 N–H and O–H groups in total. The van der Waals surface area contributed by atoms with Crippen LogP contribution in [0.25, 0.3) is 0 Å². The van der Waals surface area contributed by atoms with E-state index in [0.717, 1.165) is 0 Å². The number of anilines is 1. The zero-order valence-corrected chi connectivity index (χ0v) is 12.0. The van der Waals surface area contributed by atoms with Gasteiger partial charge in [0.05, 0.1) is 5.56 Å². The molecule has 0 radical (unpaired) electrons. The second-order valence-electron chi connectivity index (χ2n) is 4.32. The summed E-state index contributed by atoms with van der Waals surface area (Å²) in [5, 5.41) is 11.3. The van der Waals surface area contributed by atoms with Crippen LogP contribution in [0.2, 0.25) is 0 Å². The van der Waals surface area contributed by atoms with Gasteiger partial charge in [0.25, 0.3) is 5.91 Å². The molecule has 22 heavy (non-hydrogen) atoms. The topological polar surface area (TPSA) is 66.4 Å². The van der Waals surface area contributed by atoms with Crippen molar-refractivity contribution in [3.63, 3.8) is 0 Å². The average Bonchev–Trinajstić information content (AvgIpc) is 2.49. The molecule has 0 spiro atoms. The van der Waals surface area contributed by atoms with Crippen LogP contribution in [0.4, 0.5) is 18.9 Å². The van der Waals surface area contributed by atoms with Crippen LogP contribution in [-0.2, 0) is 10.8 Å². The molecule has 1 amide bonds. The number of aromatic hydroxyl groups is 1. The number of phenolic OH excluding ortho intramolecular Hbond substituents is 1. The number of hydrogen-bond donors (Lipinski definition) is 2. The number of rotatable bonds is 3. The molecule has 8 heteroatoms. The smallest absolute Gasteiger partial charge is 0.258 e. The van der Waals surface area contributed by atoms with Gasteiger partial charge in [-0.05, 0) is 24.3 Å². The van der Waals surface area contributed by atoms with Gasteiger partial charge in [0.15, 0.2) is 17.4 Å². The summed E-state index contributed by atoms with van der Waals surface area (Å²) in [7, 11) is -1.29. The summed E-state index contributed by atoms with van der Waals surface area (Å²) in [6.07, 6.45) is 1.44. The minimum Gasteiger partial charge on any atom is -0.503 e. The predicted molar refractivity (Wildman–Crippen MR) is 74.7 cm³/mol. The fourth-order valence-electron chi connectivity index (χ4n) is 1.71. The van der Waals surface area contributed by atoms with E-state index in [1.807, 2.05) is 0 Å². The molecule has 0 aliphatic rings. The van der Waals surface area contributed by atoms with Crippen molar-refractivity contribution in [2.75, 3.05) is 11.6 Å². The maximum absolute atomic E-state index is 13.6. The van der Waals surface area contributed by atoms with Crippen molar-refractivity contribution in [1.82, 2.24) is 0 Å². The molecule has 0 aliphatic heterocycles. The first-order valence-corrected chi connectivity index (χ1v) is 7.48. The van der Waals surface area contributed by atoms with E-state index in [2.05, 4.69) is 5.32 Å². The highest BCUT2D eigenvalue weighted by atomic mass is 32.2. The summed E-state index contributed by atoms with van der Waals surface area (Å²) in [5.41, 5.74) is -0.652. The number of halogens is 3. The Kier molecular flexibility index (Phi) is 4.51. The van der Waals surface area contributed by atoms with Crippen molar-refractivity contribution in [2.45, 2.75) is 4.90 Å². The minimum absolute atomic E-state index is 0.196. The van der Waals surface area contributed by atoms with Crippen molar-refractivity contribution in [2.24, 2.45) is 0 Å². The highest BCUT2D eigenvalue weighted by molar-refractivity contribution is 7.84. The van der Waals surface area contributed by atoms with Crippen LogP contribution in [0, 0.1) is 17.5 Å². The molecule has 1 atom stereocenters. The average molecular weight is 329 g/mol. The van der Waals surface area contributed by atoms with Gasteiger partial charge in [-0.25, -0.2) is 8.78 Å². The highest BCUT2D eigenvalue weighted by Crippen LogP contribution is 2.26. The lowest BCUT2D eigenvalue weighted by atomic mass is 10.1. The van der Waals surface area contributed by atoms with Crippen molar-refractivity contribution >= 4 is 22.4 Å². The maximum atomic E-state index is 13.6. The lowest BCUT2D eigenvalue weighted by Gasteiger charge is -2.09. The van der Waals surface area contributed by atoms with E-state index >= 15 is 0 Å². The second kappa shape index (κ2) is 6.18. The summed E-state index contributed by atoms with van der Waals surface area (Å²) < 4.78 is 51.1. The molecule has 116 valence electrons. The van der Waals surface area contributed by atoms with Gasteiger partial charge >= 0.3 is 0 Å². The molecule has 0 aromatic heterocycles. The van der Waals surface area contributed by atoms with Crippen molar-refractivity contribution < 1.29 is 27.3 Å². The molecule has 2 aromatic carbocycles. The summed E-state index contributed by atoms with van der Waals surface area (Å²) in [6, 6.07) is 6.28. The van der Waals surface area contributed by atoms with Crippen LogP contribution in [-0.4, -0.2) is 21.5 Å². The number of amides is 1. The van der Waals surface area contributed by atoms with Crippen LogP contribution >= 0.6 is 0 Å². The molecule has 0 heterocycles. The lowest BCUT2D eigenvalue weighted by molar-refractivity contribution is 0.102. The van der Waals surface area contributed by atoms with Crippen LogP contribution in [0.1, 0.15) is 10.4 Å². The van der Waals surface area contributed by atoms with E-state index in [1.165, 1.54) is 24.5 Å². The number of phenols is 1. The first kappa shape index (κ1) is 16.0. The second-order valence-corrected chi connectivity index (χ2v) is 5.70. The third kappa shape index (κ3) is 3.11. The SMILES string of the molecule is CS(=O)c1cccc(NC(=O)c2cc(F)c(F)c(O)c2F)c1. The molecule has 0 fully saturated rings. The number of nitrogens with one attached hydrogen (secondary N) is 1. The van der Waals surface area contributed by atoms with Crippen molar-refractivity contribution in [3.05, 3.63) is 53.3 Å². The van der Waals surface area contributed by atoms with E-state index in [-0.39, 0.29) is 5.69 Å². The van der Waals surface area contributed by atoms with Gasteiger partial charge in [-0.2, -0.15) is 4.39 Å². The van der Waals surface area contributed by atoms with E-state index < -0.39 is 45.5 Å². The number of carbonyl (C=O) groups excluding carboxylic acids is 1. The summed E-state index contributed by atoms with van der Waals surface area (Å²) >= 11 is 0. The van der Waals surface area contributed by atoms with Crippen molar-refractivity contribution in [3.8, 4) is 5.75 Å². The monoisotopic (exact) mass is 329 g/mol. The van der Waals surface area contributed by atoms with Gasteiger partial charge in [-0.1, -0.05) is 6.07 Å². The first-order valence-electron chi connectivity index (χ1n) is 5.92. The van der Waals surface area contributed by atoms with Gasteiger partial charge in [0, 0.05) is 27.6 Å².